The molecule has 0 amide bonds. The number of allylic oxidation sites excluding steroid dienone is 4. The van der Waals surface area contributed by atoms with Crippen LogP contribution in [0.3, 0.4) is 0 Å². The average Bonchev–Trinajstić information content (AvgIpc) is 3.01. The van der Waals surface area contributed by atoms with Crippen molar-refractivity contribution in [1.82, 2.24) is 0 Å². The van der Waals surface area contributed by atoms with Gasteiger partial charge in [-0.3, -0.25) is 0 Å². The highest BCUT2D eigenvalue weighted by Gasteiger charge is 2.25. The number of phenolic OH excluding ortho intramolecular Hbond substituents is 1. The van der Waals surface area contributed by atoms with Crippen molar-refractivity contribution in [1.29, 1.82) is 0 Å². The summed E-state index contributed by atoms with van der Waals surface area (Å²) in [6.07, 6.45) is 7.22. The van der Waals surface area contributed by atoms with Gasteiger partial charge in [0.1, 0.15) is 5.75 Å². The third-order valence-corrected chi connectivity index (χ3v) is 8.24. The second-order valence-corrected chi connectivity index (χ2v) is 10.5. The smallest absolute Gasteiger partial charge is 0.124 e. The second-order valence-electron chi connectivity index (χ2n) is 10.5. The van der Waals surface area contributed by atoms with Crippen LogP contribution in [0, 0.1) is 0 Å². The number of hydrogen-bond donors (Lipinski definition) is 1. The first-order valence-electron chi connectivity index (χ1n) is 13.9. The van der Waals surface area contributed by atoms with Gasteiger partial charge in [-0.15, -0.1) is 0 Å². The zero-order valence-electron chi connectivity index (χ0n) is 21.9. The molecule has 0 aliphatic heterocycles. The van der Waals surface area contributed by atoms with Crippen molar-refractivity contribution in [2.45, 2.75) is 25.7 Å². The van der Waals surface area contributed by atoms with Gasteiger partial charge >= 0.3 is 0 Å². The van der Waals surface area contributed by atoms with Gasteiger partial charge in [0.05, 0.1) is 0 Å². The summed E-state index contributed by atoms with van der Waals surface area (Å²) in [6, 6.07) is 42.2. The molecule has 6 aromatic rings. The molecule has 1 nitrogen and oxygen atoms in total. The average molecular weight is 503 g/mol. The predicted molar refractivity (Wildman–Crippen MR) is 166 cm³/mol. The van der Waals surface area contributed by atoms with E-state index in [2.05, 4.69) is 78.9 Å². The van der Waals surface area contributed by atoms with E-state index >= 15 is 0 Å². The van der Waals surface area contributed by atoms with Gasteiger partial charge < -0.3 is 5.11 Å². The highest BCUT2D eigenvalue weighted by Crippen LogP contribution is 2.46. The molecule has 0 spiro atoms. The third kappa shape index (κ3) is 4.21. The molecule has 0 saturated heterocycles. The van der Waals surface area contributed by atoms with Crippen molar-refractivity contribution in [3.8, 4) is 5.75 Å². The third-order valence-electron chi connectivity index (χ3n) is 8.24. The Balaban J connectivity index is 0.000000145. The summed E-state index contributed by atoms with van der Waals surface area (Å²) in [7, 11) is 0. The molecule has 1 heteroatoms. The first kappa shape index (κ1) is 23.5. The van der Waals surface area contributed by atoms with Gasteiger partial charge in [0.2, 0.25) is 0 Å². The van der Waals surface area contributed by atoms with E-state index in [0.29, 0.717) is 5.75 Å². The van der Waals surface area contributed by atoms with Crippen LogP contribution in [0.2, 0.25) is 0 Å². The van der Waals surface area contributed by atoms with Crippen molar-refractivity contribution < 1.29 is 5.11 Å². The molecular weight excluding hydrogens is 472 g/mol. The van der Waals surface area contributed by atoms with E-state index in [4.69, 9.17) is 0 Å². The van der Waals surface area contributed by atoms with Gasteiger partial charge in [-0.05, 0) is 86.5 Å². The Bertz CT molecular complexity index is 1910. The highest BCUT2D eigenvalue weighted by molar-refractivity contribution is 6.11. The molecule has 2 aliphatic carbocycles. The number of rotatable bonds is 1. The molecule has 0 bridgehead atoms. The zero-order valence-corrected chi connectivity index (χ0v) is 21.9. The van der Waals surface area contributed by atoms with Gasteiger partial charge in [0.15, 0.2) is 0 Å². The van der Waals surface area contributed by atoms with Crippen molar-refractivity contribution in [2.24, 2.45) is 0 Å². The monoisotopic (exact) mass is 502 g/mol. The van der Waals surface area contributed by atoms with Crippen molar-refractivity contribution in [3.63, 3.8) is 0 Å². The summed E-state index contributed by atoms with van der Waals surface area (Å²) in [4.78, 5) is 0. The maximum atomic E-state index is 9.87. The summed E-state index contributed by atoms with van der Waals surface area (Å²) in [5.41, 5.74) is 8.96. The van der Waals surface area contributed by atoms with E-state index in [1.54, 1.807) is 5.57 Å². The molecule has 8 rings (SSSR count). The van der Waals surface area contributed by atoms with E-state index in [0.717, 1.165) is 16.2 Å². The number of fused-ring (bicyclic) bond motifs is 7. The topological polar surface area (TPSA) is 20.2 Å². The molecule has 0 saturated carbocycles. The fourth-order valence-electron chi connectivity index (χ4n) is 6.42. The summed E-state index contributed by atoms with van der Waals surface area (Å²) < 4.78 is 0. The Labute approximate surface area is 229 Å². The van der Waals surface area contributed by atoms with Crippen LogP contribution in [0.1, 0.15) is 36.0 Å². The minimum atomic E-state index is 0.351. The Morgan fingerprint density at radius 1 is 0.513 bits per heavy atom. The Hall–Kier alpha value is -4.62. The van der Waals surface area contributed by atoms with E-state index in [1.165, 1.54) is 69.7 Å². The fraction of sp³-hybridized carbons (Fsp3) is 0.105. The SMILES string of the molecule is C1=C(c2ccccc2)C2=C(CC1)CCc1c2ccc2ccccc12.Oc1cc2ccccc2c2ccccc12. The Morgan fingerprint density at radius 3 is 2.00 bits per heavy atom. The zero-order chi connectivity index (χ0) is 26.2. The number of benzene rings is 6. The summed E-state index contributed by atoms with van der Waals surface area (Å²) in [6.45, 7) is 0. The van der Waals surface area contributed by atoms with Crippen LogP contribution in [0.5, 0.6) is 5.75 Å². The first-order chi connectivity index (χ1) is 19.3. The lowest BCUT2D eigenvalue weighted by molar-refractivity contribution is 0.482. The van der Waals surface area contributed by atoms with Crippen LogP contribution < -0.4 is 0 Å². The van der Waals surface area contributed by atoms with E-state index < -0.39 is 0 Å². The standard InChI is InChI=1S/C24H20.C14H10O/c1-2-7-17(8-3-1)21-12-6-10-19-14-15-22-20-11-5-4-9-18(20)13-16-23(22)24(19)21;15-14-9-10-5-1-2-6-11(10)12-7-3-4-8-13(12)14/h1-5,7-9,11-13,16H,6,10,14-15H2;1-9,15H. The lowest BCUT2D eigenvalue weighted by atomic mass is 9.75. The highest BCUT2D eigenvalue weighted by atomic mass is 16.3. The van der Waals surface area contributed by atoms with Crippen LogP contribution in [0.15, 0.2) is 133 Å². The largest absolute Gasteiger partial charge is 0.507 e. The lowest BCUT2D eigenvalue weighted by Crippen LogP contribution is -2.10. The van der Waals surface area contributed by atoms with Gasteiger partial charge in [-0.1, -0.05) is 127 Å². The van der Waals surface area contributed by atoms with Gasteiger partial charge in [0.25, 0.3) is 0 Å². The molecule has 0 heterocycles. The van der Waals surface area contributed by atoms with Crippen molar-refractivity contribution in [2.75, 3.05) is 0 Å². The van der Waals surface area contributed by atoms with Gasteiger partial charge in [-0.2, -0.15) is 0 Å². The maximum absolute atomic E-state index is 9.87. The van der Waals surface area contributed by atoms with Gasteiger partial charge in [-0.25, -0.2) is 0 Å². The predicted octanol–water partition coefficient (Wildman–Crippen LogP) is 10.1. The molecule has 2 aliphatic rings. The Kier molecular flexibility index (Phi) is 5.98. The van der Waals surface area contributed by atoms with Crippen molar-refractivity contribution in [3.05, 3.63) is 150 Å². The molecule has 6 aromatic carbocycles. The molecule has 0 aromatic heterocycles. The summed E-state index contributed by atoms with van der Waals surface area (Å²) in [5.74, 6) is 0.351. The quantitative estimate of drug-likeness (QED) is 0.222. The van der Waals surface area contributed by atoms with E-state index in [9.17, 15) is 5.11 Å². The number of phenols is 1. The molecule has 188 valence electrons. The van der Waals surface area contributed by atoms with Crippen molar-refractivity contribution >= 4 is 43.5 Å². The molecule has 1 N–H and O–H groups in total. The van der Waals surface area contributed by atoms with Crippen LogP contribution in [-0.4, -0.2) is 5.11 Å². The maximum Gasteiger partial charge on any atom is 0.124 e. The molecule has 0 unspecified atom stereocenters. The number of hydrogen-bond acceptors (Lipinski definition) is 1. The minimum absolute atomic E-state index is 0.351. The lowest BCUT2D eigenvalue weighted by Gasteiger charge is -2.29. The van der Waals surface area contributed by atoms with Crippen LogP contribution >= 0.6 is 0 Å². The number of aryl methyl sites for hydroxylation is 1. The van der Waals surface area contributed by atoms with Crippen LogP contribution in [0.25, 0.3) is 43.5 Å². The number of aromatic hydroxyl groups is 1. The normalized spacial score (nSPS) is 14.4. The van der Waals surface area contributed by atoms with Crippen LogP contribution in [-0.2, 0) is 6.42 Å². The summed E-state index contributed by atoms with van der Waals surface area (Å²) in [5, 5.41) is 16.9. The molecule has 0 radical (unpaired) electrons. The van der Waals surface area contributed by atoms with Crippen LogP contribution in [0.4, 0.5) is 0 Å². The fourth-order valence-corrected chi connectivity index (χ4v) is 6.42. The molecule has 39 heavy (non-hydrogen) atoms. The van der Waals surface area contributed by atoms with E-state index in [-0.39, 0.29) is 0 Å². The summed E-state index contributed by atoms with van der Waals surface area (Å²) >= 11 is 0. The Morgan fingerprint density at radius 2 is 1.18 bits per heavy atom. The molecule has 0 fully saturated rings. The molecule has 0 atom stereocenters. The van der Waals surface area contributed by atoms with Gasteiger partial charge in [0, 0.05) is 5.39 Å². The first-order valence-corrected chi connectivity index (χ1v) is 13.9. The minimum Gasteiger partial charge on any atom is -0.507 e. The van der Waals surface area contributed by atoms with E-state index in [1.807, 2.05) is 48.5 Å². The second kappa shape index (κ2) is 9.93. The molecular formula is C38H30O.